The maximum Gasteiger partial charge on any atom is 0.229 e. The van der Waals surface area contributed by atoms with Crippen molar-refractivity contribution >= 4 is 22.7 Å². The number of halogens is 1. The Bertz CT molecular complexity index is 1300. The summed E-state index contributed by atoms with van der Waals surface area (Å²) in [7, 11) is 0. The molecule has 0 aliphatic carbocycles. The van der Waals surface area contributed by atoms with Gasteiger partial charge in [-0.1, -0.05) is 24.3 Å². The number of aryl methyl sites for hydroxylation is 1. The minimum Gasteiger partial charge on any atom is -0.492 e. The van der Waals surface area contributed by atoms with Gasteiger partial charge in [-0.2, -0.15) is 9.67 Å². The van der Waals surface area contributed by atoms with Gasteiger partial charge in [0.2, 0.25) is 5.95 Å². The molecule has 35 heavy (non-hydrogen) atoms. The fourth-order valence-corrected chi connectivity index (χ4v) is 4.18. The van der Waals surface area contributed by atoms with Crippen molar-refractivity contribution in [1.82, 2.24) is 29.9 Å². The summed E-state index contributed by atoms with van der Waals surface area (Å²) in [5.74, 6) is 0.411. The Morgan fingerprint density at radius 1 is 1.17 bits per heavy atom. The average Bonchev–Trinajstić information content (AvgIpc) is 3.30. The van der Waals surface area contributed by atoms with E-state index < -0.39 is 5.82 Å². The topological polar surface area (TPSA) is 101 Å². The number of likely N-dealkylation sites (tertiary alicyclic amines) is 1. The number of piperidine rings is 1. The summed E-state index contributed by atoms with van der Waals surface area (Å²) >= 11 is 0. The number of para-hydroxylation sites is 1. The number of aromatic nitrogens is 5. The molecule has 0 bridgehead atoms. The first-order chi connectivity index (χ1) is 17.1. The normalized spacial score (nSPS) is 14.9. The summed E-state index contributed by atoms with van der Waals surface area (Å²) in [5.41, 5.74) is 3.15. The second kappa shape index (κ2) is 10.3. The summed E-state index contributed by atoms with van der Waals surface area (Å²) in [6.07, 6.45) is 3.39. The third-order valence-corrected chi connectivity index (χ3v) is 6.14. The van der Waals surface area contributed by atoms with Gasteiger partial charge in [0.1, 0.15) is 17.9 Å². The zero-order valence-electron chi connectivity index (χ0n) is 19.6. The number of fused-ring (bicyclic) bond motifs is 1. The molecule has 1 aliphatic rings. The molecule has 2 N–H and O–H groups in total. The lowest BCUT2D eigenvalue weighted by Gasteiger charge is -2.29. The Labute approximate surface area is 202 Å². The van der Waals surface area contributed by atoms with Gasteiger partial charge in [0, 0.05) is 31.4 Å². The molecule has 2 aromatic carbocycles. The van der Waals surface area contributed by atoms with Gasteiger partial charge in [-0.15, -0.1) is 5.10 Å². The number of nitrogens with zero attached hydrogens (tertiary/aromatic N) is 6. The summed E-state index contributed by atoms with van der Waals surface area (Å²) in [6, 6.07) is 13.2. The van der Waals surface area contributed by atoms with Gasteiger partial charge in [0.15, 0.2) is 11.6 Å². The first kappa shape index (κ1) is 23.1. The second-order valence-corrected chi connectivity index (χ2v) is 8.62. The van der Waals surface area contributed by atoms with E-state index in [4.69, 9.17) is 4.74 Å². The lowest BCUT2D eigenvalue weighted by atomic mass is 10.1. The number of ether oxygens (including phenoxy) is 1. The molecule has 1 aliphatic heterocycles. The Kier molecular flexibility index (Phi) is 6.82. The molecule has 3 heterocycles. The monoisotopic (exact) mass is 477 g/mol. The maximum absolute atomic E-state index is 14.6. The van der Waals surface area contributed by atoms with Crippen LogP contribution in [0.1, 0.15) is 25.3 Å². The quantitative estimate of drug-likeness (QED) is 0.398. The van der Waals surface area contributed by atoms with Crippen molar-refractivity contribution in [2.24, 2.45) is 0 Å². The van der Waals surface area contributed by atoms with Crippen molar-refractivity contribution in [3.05, 3.63) is 60.0 Å². The summed E-state index contributed by atoms with van der Waals surface area (Å²) < 4.78 is 22.0. The van der Waals surface area contributed by atoms with E-state index in [2.05, 4.69) is 37.4 Å². The van der Waals surface area contributed by atoms with E-state index in [1.165, 1.54) is 4.68 Å². The molecule has 4 aromatic rings. The van der Waals surface area contributed by atoms with Crippen LogP contribution in [0.4, 0.5) is 16.0 Å². The molecule has 1 saturated heterocycles. The predicted molar refractivity (Wildman–Crippen MR) is 131 cm³/mol. The Morgan fingerprint density at radius 3 is 2.83 bits per heavy atom. The molecular weight excluding hydrogens is 449 g/mol. The molecule has 182 valence electrons. The van der Waals surface area contributed by atoms with Gasteiger partial charge in [-0.05, 0) is 49.1 Å². The fourth-order valence-electron chi connectivity index (χ4n) is 4.18. The van der Waals surface area contributed by atoms with E-state index in [9.17, 15) is 9.50 Å². The summed E-state index contributed by atoms with van der Waals surface area (Å²) in [4.78, 5) is 10.8. The van der Waals surface area contributed by atoms with Crippen LogP contribution >= 0.6 is 0 Å². The van der Waals surface area contributed by atoms with Crippen molar-refractivity contribution in [3.8, 4) is 11.6 Å². The number of rotatable bonds is 8. The lowest BCUT2D eigenvalue weighted by molar-refractivity contribution is 0.0755. The highest BCUT2D eigenvalue weighted by molar-refractivity contribution is 5.75. The third-order valence-electron chi connectivity index (χ3n) is 6.14. The molecule has 0 spiro atoms. The first-order valence-corrected chi connectivity index (χ1v) is 11.9. The first-order valence-electron chi connectivity index (χ1n) is 11.9. The lowest BCUT2D eigenvalue weighted by Crippen LogP contribution is -2.38. The van der Waals surface area contributed by atoms with Gasteiger partial charge in [-0.3, -0.25) is 4.90 Å². The van der Waals surface area contributed by atoms with Crippen LogP contribution in [-0.2, 0) is 6.42 Å². The number of hydrogen-bond donors (Lipinski definition) is 2. The molecule has 2 aromatic heterocycles. The number of benzene rings is 2. The van der Waals surface area contributed by atoms with Crippen molar-refractivity contribution in [2.45, 2.75) is 32.3 Å². The highest BCUT2D eigenvalue weighted by Crippen LogP contribution is 2.25. The SMILES string of the molecule is CCc1cc(Nc2ncc(F)c(-n3nnc4ccccc43)n2)cc(OCCN2CCC(O)CC2)c1. The van der Waals surface area contributed by atoms with E-state index in [-0.39, 0.29) is 17.9 Å². The van der Waals surface area contributed by atoms with Gasteiger partial charge >= 0.3 is 0 Å². The summed E-state index contributed by atoms with van der Waals surface area (Å²) in [6.45, 7) is 5.21. The Hall–Kier alpha value is -3.63. The molecule has 0 unspecified atom stereocenters. The Morgan fingerprint density at radius 2 is 2.00 bits per heavy atom. The molecule has 9 nitrogen and oxygen atoms in total. The minimum absolute atomic E-state index is 0.0194. The molecule has 0 saturated carbocycles. The number of aliphatic hydroxyl groups excluding tert-OH is 1. The fraction of sp³-hybridized carbons (Fsp3) is 0.360. The number of hydrogen-bond acceptors (Lipinski definition) is 8. The largest absolute Gasteiger partial charge is 0.492 e. The van der Waals surface area contributed by atoms with Gasteiger partial charge in [-0.25, -0.2) is 9.37 Å². The molecule has 0 radical (unpaired) electrons. The predicted octanol–water partition coefficient (Wildman–Crippen LogP) is 3.49. The van der Waals surface area contributed by atoms with Gasteiger partial charge in [0.05, 0.1) is 17.8 Å². The van der Waals surface area contributed by atoms with E-state index in [1.807, 2.05) is 42.5 Å². The van der Waals surface area contributed by atoms with Crippen LogP contribution in [0.25, 0.3) is 16.9 Å². The van der Waals surface area contributed by atoms with Crippen molar-refractivity contribution < 1.29 is 14.2 Å². The van der Waals surface area contributed by atoms with Gasteiger partial charge < -0.3 is 15.2 Å². The van der Waals surface area contributed by atoms with Crippen molar-refractivity contribution in [3.63, 3.8) is 0 Å². The molecule has 0 atom stereocenters. The highest BCUT2D eigenvalue weighted by Gasteiger charge is 2.17. The molecule has 5 rings (SSSR count). The second-order valence-electron chi connectivity index (χ2n) is 8.62. The zero-order chi connectivity index (χ0) is 24.2. The zero-order valence-corrected chi connectivity index (χ0v) is 19.6. The average molecular weight is 478 g/mol. The smallest absolute Gasteiger partial charge is 0.229 e. The van der Waals surface area contributed by atoms with Crippen LogP contribution in [0, 0.1) is 5.82 Å². The van der Waals surface area contributed by atoms with Crippen LogP contribution in [0.5, 0.6) is 5.75 Å². The standard InChI is InChI=1S/C25H28FN7O2/c1-2-17-13-18(15-20(14-17)35-12-11-32-9-7-19(34)8-10-32)28-25-27-16-21(26)24(29-25)33-23-6-4-3-5-22(23)30-31-33/h3-6,13-16,19,34H,2,7-12H2,1H3,(H,27,28,29). The number of anilines is 2. The van der Waals surface area contributed by atoms with Crippen molar-refractivity contribution in [1.29, 1.82) is 0 Å². The minimum atomic E-state index is -0.595. The molecule has 0 amide bonds. The van der Waals surface area contributed by atoms with Crippen LogP contribution < -0.4 is 10.1 Å². The van der Waals surface area contributed by atoms with E-state index in [0.717, 1.165) is 62.1 Å². The van der Waals surface area contributed by atoms with E-state index in [1.54, 1.807) is 0 Å². The van der Waals surface area contributed by atoms with Crippen LogP contribution in [0.3, 0.4) is 0 Å². The van der Waals surface area contributed by atoms with Gasteiger partial charge in [0.25, 0.3) is 0 Å². The maximum atomic E-state index is 14.6. The summed E-state index contributed by atoms with van der Waals surface area (Å²) in [5, 5.41) is 21.0. The van der Waals surface area contributed by atoms with Crippen LogP contribution in [0.2, 0.25) is 0 Å². The molecule has 1 fully saturated rings. The third kappa shape index (κ3) is 5.39. The highest BCUT2D eigenvalue weighted by atomic mass is 19.1. The van der Waals surface area contributed by atoms with Crippen LogP contribution in [-0.4, -0.2) is 67.3 Å². The number of nitrogens with one attached hydrogen (secondary N) is 1. The molecule has 10 heteroatoms. The molecular formula is C25H28FN7O2. The van der Waals surface area contributed by atoms with E-state index >= 15 is 0 Å². The van der Waals surface area contributed by atoms with Crippen LogP contribution in [0.15, 0.2) is 48.7 Å². The van der Waals surface area contributed by atoms with E-state index in [0.29, 0.717) is 17.6 Å². The Balaban J connectivity index is 1.32. The van der Waals surface area contributed by atoms with Crippen molar-refractivity contribution in [2.75, 3.05) is 31.6 Å². The number of aliphatic hydroxyl groups is 1.